The summed E-state index contributed by atoms with van der Waals surface area (Å²) in [6.07, 6.45) is -5.92. The van der Waals surface area contributed by atoms with Crippen LogP contribution in [0.3, 0.4) is 0 Å². The number of nitrogens with zero attached hydrogens (tertiary/aromatic N) is 1. The smallest absolute Gasteiger partial charge is 0.340 e. The van der Waals surface area contributed by atoms with E-state index in [2.05, 4.69) is 4.98 Å². The van der Waals surface area contributed by atoms with Crippen LogP contribution in [0, 0.1) is 13.8 Å². The lowest BCUT2D eigenvalue weighted by Gasteiger charge is -2.20. The number of aryl methyl sites for hydroxylation is 2. The summed E-state index contributed by atoms with van der Waals surface area (Å²) in [4.78, 5) is 51.5. The van der Waals surface area contributed by atoms with Crippen molar-refractivity contribution in [3.8, 4) is 0 Å². The highest BCUT2D eigenvalue weighted by Gasteiger charge is 2.51. The van der Waals surface area contributed by atoms with Crippen LogP contribution in [-0.2, 0) is 14.2 Å². The Morgan fingerprint density at radius 3 is 2.32 bits per heavy atom. The van der Waals surface area contributed by atoms with Crippen LogP contribution in [0.5, 0.6) is 0 Å². The maximum Gasteiger partial charge on any atom is 0.340 e. The van der Waals surface area contributed by atoms with Gasteiger partial charge in [-0.25, -0.2) is 18.8 Å². The molecule has 3 aromatic rings. The highest BCUT2D eigenvalue weighted by atomic mass is 19.1. The molecule has 2 heterocycles. The van der Waals surface area contributed by atoms with Gasteiger partial charge in [0, 0.05) is 11.8 Å². The lowest BCUT2D eigenvalue weighted by molar-refractivity contribution is -0.149. The molecule has 10 heteroatoms. The third-order valence-electron chi connectivity index (χ3n) is 5.39. The van der Waals surface area contributed by atoms with Gasteiger partial charge in [-0.15, -0.1) is 0 Å². The van der Waals surface area contributed by atoms with Gasteiger partial charge in [-0.2, -0.15) is 0 Å². The number of H-pyrrole nitrogens is 1. The number of carbonyl (C=O) groups is 2. The van der Waals surface area contributed by atoms with Crippen molar-refractivity contribution >= 4 is 11.9 Å². The van der Waals surface area contributed by atoms with E-state index in [0.29, 0.717) is 5.56 Å². The van der Waals surface area contributed by atoms with Crippen molar-refractivity contribution in [3.63, 3.8) is 0 Å². The number of esters is 2. The predicted octanol–water partition coefficient (Wildman–Crippen LogP) is 2.43. The molecule has 4 rings (SSSR count). The van der Waals surface area contributed by atoms with Crippen molar-refractivity contribution in [2.75, 3.05) is 0 Å². The number of nitrogens with one attached hydrogen (secondary N) is 1. The quantitative estimate of drug-likeness (QED) is 0.572. The Kier molecular flexibility index (Phi) is 6.42. The molecule has 0 amide bonds. The van der Waals surface area contributed by atoms with Crippen molar-refractivity contribution in [1.29, 1.82) is 0 Å². The van der Waals surface area contributed by atoms with E-state index in [1.807, 2.05) is 0 Å². The van der Waals surface area contributed by atoms with Crippen LogP contribution in [-0.4, -0.2) is 40.1 Å². The molecule has 1 N–H and O–H groups in total. The van der Waals surface area contributed by atoms with Gasteiger partial charge in [0.2, 0.25) is 6.29 Å². The van der Waals surface area contributed by atoms with Crippen LogP contribution in [0.1, 0.15) is 38.1 Å². The second-order valence-electron chi connectivity index (χ2n) is 7.77. The zero-order valence-corrected chi connectivity index (χ0v) is 18.3. The molecule has 0 bridgehead atoms. The van der Waals surface area contributed by atoms with E-state index in [9.17, 15) is 19.2 Å². The van der Waals surface area contributed by atoms with Gasteiger partial charge in [0.15, 0.2) is 18.5 Å². The summed E-state index contributed by atoms with van der Waals surface area (Å²) in [6.45, 7) is 3.13. The normalized spacial score (nSPS) is 21.7. The molecule has 0 aliphatic carbocycles. The summed E-state index contributed by atoms with van der Waals surface area (Å²) >= 11 is 0. The number of benzene rings is 2. The minimum absolute atomic E-state index is 0.133. The van der Waals surface area contributed by atoms with E-state index in [1.165, 1.54) is 25.1 Å². The monoisotopic (exact) mass is 468 g/mol. The molecule has 0 saturated carbocycles. The van der Waals surface area contributed by atoms with E-state index < -0.39 is 48.0 Å². The number of hydrogen-bond donors (Lipinski definition) is 1. The predicted molar refractivity (Wildman–Crippen MR) is 117 cm³/mol. The summed E-state index contributed by atoms with van der Waals surface area (Å²) in [5.74, 6) is -1.68. The zero-order valence-electron chi connectivity index (χ0n) is 18.3. The number of halogens is 1. The third kappa shape index (κ3) is 4.53. The maximum absolute atomic E-state index is 15.6. The summed E-state index contributed by atoms with van der Waals surface area (Å²) < 4.78 is 32.7. The number of alkyl halides is 1. The molecule has 0 radical (unpaired) electrons. The number of ether oxygens (including phenoxy) is 3. The first-order chi connectivity index (χ1) is 16.3. The fourth-order valence-corrected chi connectivity index (χ4v) is 3.55. The van der Waals surface area contributed by atoms with E-state index in [4.69, 9.17) is 14.2 Å². The van der Waals surface area contributed by atoms with E-state index in [-0.39, 0.29) is 16.7 Å². The van der Waals surface area contributed by atoms with Gasteiger partial charge in [0.25, 0.3) is 5.56 Å². The number of rotatable bonds is 5. The van der Waals surface area contributed by atoms with Crippen molar-refractivity contribution in [2.24, 2.45) is 0 Å². The average molecular weight is 468 g/mol. The molecule has 1 aliphatic rings. The van der Waals surface area contributed by atoms with Gasteiger partial charge in [-0.3, -0.25) is 14.3 Å². The first kappa shape index (κ1) is 23.1. The lowest BCUT2D eigenvalue weighted by Crippen LogP contribution is -2.38. The third-order valence-corrected chi connectivity index (χ3v) is 5.39. The molecule has 0 unspecified atom stereocenters. The molecule has 1 fully saturated rings. The van der Waals surface area contributed by atoms with Crippen LogP contribution < -0.4 is 11.2 Å². The molecular weight excluding hydrogens is 447 g/mol. The van der Waals surface area contributed by atoms with Crippen molar-refractivity contribution < 1.29 is 28.2 Å². The Morgan fingerprint density at radius 1 is 0.941 bits per heavy atom. The summed E-state index contributed by atoms with van der Waals surface area (Å²) in [6, 6.07) is 14.5. The maximum atomic E-state index is 15.6. The first-order valence-corrected chi connectivity index (χ1v) is 10.4. The minimum atomic E-state index is -2.09. The molecule has 9 nitrogen and oxygen atoms in total. The standard InChI is InChI=1S/C24H21FN2O7/c1-13-8-6-7-11-16(13)22(30)34-23-18(32-21(29)15-9-4-3-5-10-15)17(25)20(33-23)27-12-14(2)19(28)26-24(27)31/h3-12,17-18,20,23H,1-2H3,(H,26,28,31)/t17-,18-,20+,23+/m0/s1. The van der Waals surface area contributed by atoms with Crippen molar-refractivity contribution in [2.45, 2.75) is 38.6 Å². The summed E-state index contributed by atoms with van der Waals surface area (Å²) in [5.41, 5.74) is -0.446. The van der Waals surface area contributed by atoms with Crippen LogP contribution >= 0.6 is 0 Å². The second kappa shape index (κ2) is 9.44. The van der Waals surface area contributed by atoms with Crippen molar-refractivity contribution in [3.05, 3.63) is 104 Å². The average Bonchev–Trinajstić information content (AvgIpc) is 3.11. The van der Waals surface area contributed by atoms with E-state index in [1.54, 1.807) is 43.3 Å². The van der Waals surface area contributed by atoms with E-state index >= 15 is 4.39 Å². The van der Waals surface area contributed by atoms with Crippen LogP contribution in [0.4, 0.5) is 4.39 Å². The van der Waals surface area contributed by atoms with E-state index in [0.717, 1.165) is 10.8 Å². The number of aromatic amines is 1. The summed E-state index contributed by atoms with van der Waals surface area (Å²) in [5, 5.41) is 0. The Balaban J connectivity index is 1.66. The molecule has 1 aromatic heterocycles. The van der Waals surface area contributed by atoms with Crippen LogP contribution in [0.2, 0.25) is 0 Å². The van der Waals surface area contributed by atoms with Gasteiger partial charge in [0.1, 0.15) is 0 Å². The second-order valence-corrected chi connectivity index (χ2v) is 7.77. The molecule has 176 valence electrons. The Labute approximate surface area is 192 Å². The number of hydrogen-bond acceptors (Lipinski definition) is 7. The van der Waals surface area contributed by atoms with Gasteiger partial charge < -0.3 is 14.2 Å². The Hall–Kier alpha value is -4.05. The van der Waals surface area contributed by atoms with Gasteiger partial charge in [-0.1, -0.05) is 36.4 Å². The van der Waals surface area contributed by atoms with Crippen LogP contribution in [0.25, 0.3) is 0 Å². The fraction of sp³-hybridized carbons (Fsp3) is 0.250. The van der Waals surface area contributed by atoms with Gasteiger partial charge >= 0.3 is 17.6 Å². The van der Waals surface area contributed by atoms with Crippen LogP contribution in [0.15, 0.2) is 70.4 Å². The van der Waals surface area contributed by atoms with Crippen molar-refractivity contribution in [1.82, 2.24) is 9.55 Å². The zero-order chi connectivity index (χ0) is 24.4. The van der Waals surface area contributed by atoms with Gasteiger partial charge in [0.05, 0.1) is 11.1 Å². The van der Waals surface area contributed by atoms with Gasteiger partial charge in [-0.05, 0) is 37.6 Å². The minimum Gasteiger partial charge on any atom is -0.449 e. The number of carbonyl (C=O) groups excluding carboxylic acids is 2. The summed E-state index contributed by atoms with van der Waals surface area (Å²) in [7, 11) is 0. The highest BCUT2D eigenvalue weighted by molar-refractivity contribution is 5.91. The molecule has 2 aromatic carbocycles. The topological polar surface area (TPSA) is 117 Å². The molecule has 4 atom stereocenters. The molecular formula is C24H21FN2O7. The largest absolute Gasteiger partial charge is 0.449 e. The number of aromatic nitrogens is 2. The lowest BCUT2D eigenvalue weighted by atomic mass is 10.1. The Morgan fingerprint density at radius 2 is 1.62 bits per heavy atom. The first-order valence-electron chi connectivity index (χ1n) is 10.4. The SMILES string of the molecule is Cc1ccccc1C(=O)O[C@H]1O[C@@H](n2cc(C)c(=O)[nH]c2=O)[C@@H](F)[C@@H]1OC(=O)c1ccccc1. The molecule has 34 heavy (non-hydrogen) atoms. The molecule has 1 aliphatic heterocycles. The molecule has 1 saturated heterocycles. The molecule has 0 spiro atoms. The highest BCUT2D eigenvalue weighted by Crippen LogP contribution is 2.34. The Bertz CT molecular complexity index is 1330. The fourth-order valence-electron chi connectivity index (χ4n) is 3.55.